The predicted octanol–water partition coefficient (Wildman–Crippen LogP) is 3.45. The molecule has 0 unspecified atom stereocenters. The first-order valence-electron chi connectivity index (χ1n) is 6.01. The van der Waals surface area contributed by atoms with E-state index in [0.717, 1.165) is 16.8 Å². The first-order valence-corrected chi connectivity index (χ1v) is 6.01. The number of nitrogens with zero attached hydrogens (tertiary/aromatic N) is 1. The maximum atomic E-state index is 10.9. The fraction of sp³-hybridized carbons (Fsp3) is 0.200. The molecular weight excluding hydrogens is 240 g/mol. The van der Waals surface area contributed by atoms with Gasteiger partial charge in [0.1, 0.15) is 5.82 Å². The summed E-state index contributed by atoms with van der Waals surface area (Å²) in [4.78, 5) is 15.1. The lowest BCUT2D eigenvalue weighted by Gasteiger charge is -2.13. The second kappa shape index (κ2) is 5.10. The van der Waals surface area contributed by atoms with Crippen LogP contribution >= 0.6 is 0 Å². The van der Waals surface area contributed by atoms with Gasteiger partial charge < -0.3 is 10.4 Å². The Morgan fingerprint density at radius 2 is 1.79 bits per heavy atom. The van der Waals surface area contributed by atoms with Gasteiger partial charge >= 0.3 is 5.97 Å². The number of carboxylic acid groups (broad SMARTS) is 1. The number of rotatable bonds is 3. The van der Waals surface area contributed by atoms with Crippen LogP contribution in [0.2, 0.25) is 0 Å². The molecule has 0 aliphatic heterocycles. The number of benzene rings is 1. The van der Waals surface area contributed by atoms with Crippen molar-refractivity contribution in [2.24, 2.45) is 0 Å². The second-order valence-corrected chi connectivity index (χ2v) is 4.63. The summed E-state index contributed by atoms with van der Waals surface area (Å²) in [6, 6.07) is 7.16. The third-order valence-corrected chi connectivity index (χ3v) is 2.94. The van der Waals surface area contributed by atoms with Crippen LogP contribution in [0.5, 0.6) is 0 Å². The van der Waals surface area contributed by atoms with Gasteiger partial charge in [0.15, 0.2) is 0 Å². The molecule has 1 aromatic carbocycles. The maximum absolute atomic E-state index is 10.9. The quantitative estimate of drug-likeness (QED) is 0.883. The van der Waals surface area contributed by atoms with E-state index in [1.807, 2.05) is 20.8 Å². The van der Waals surface area contributed by atoms with Crippen LogP contribution < -0.4 is 5.32 Å². The minimum absolute atomic E-state index is 0.222. The van der Waals surface area contributed by atoms with Gasteiger partial charge in [-0.2, -0.15) is 0 Å². The SMILES string of the molecule is Cc1cc(C)c(Nc2cc(C(=O)O)ccn2)c(C)c1. The largest absolute Gasteiger partial charge is 0.478 e. The summed E-state index contributed by atoms with van der Waals surface area (Å²) in [6.07, 6.45) is 1.49. The van der Waals surface area contributed by atoms with E-state index in [-0.39, 0.29) is 5.56 Å². The van der Waals surface area contributed by atoms with E-state index in [4.69, 9.17) is 5.11 Å². The number of aryl methyl sites for hydroxylation is 3. The highest BCUT2D eigenvalue weighted by Gasteiger charge is 2.07. The molecule has 0 amide bonds. The molecule has 98 valence electrons. The first-order chi connectivity index (χ1) is 8.97. The summed E-state index contributed by atoms with van der Waals surface area (Å²) in [6.45, 7) is 6.08. The lowest BCUT2D eigenvalue weighted by Crippen LogP contribution is -2.02. The number of carbonyl (C=O) groups is 1. The monoisotopic (exact) mass is 256 g/mol. The molecule has 2 aromatic rings. The van der Waals surface area contributed by atoms with Crippen molar-refractivity contribution in [1.29, 1.82) is 0 Å². The van der Waals surface area contributed by atoms with Crippen molar-refractivity contribution in [3.8, 4) is 0 Å². The molecule has 0 bridgehead atoms. The van der Waals surface area contributed by atoms with Gasteiger partial charge in [-0.25, -0.2) is 9.78 Å². The van der Waals surface area contributed by atoms with Gasteiger partial charge in [0.2, 0.25) is 0 Å². The van der Waals surface area contributed by atoms with E-state index >= 15 is 0 Å². The Labute approximate surface area is 112 Å². The van der Waals surface area contributed by atoms with E-state index < -0.39 is 5.97 Å². The fourth-order valence-corrected chi connectivity index (χ4v) is 2.14. The van der Waals surface area contributed by atoms with Crippen molar-refractivity contribution in [1.82, 2.24) is 4.98 Å². The molecule has 0 fully saturated rings. The molecule has 0 aliphatic rings. The normalized spacial score (nSPS) is 10.3. The van der Waals surface area contributed by atoms with Crippen molar-refractivity contribution in [2.45, 2.75) is 20.8 Å². The standard InChI is InChI=1S/C15H16N2O2/c1-9-6-10(2)14(11(3)7-9)17-13-8-12(15(18)19)4-5-16-13/h4-8H,1-3H3,(H,16,17)(H,18,19). The summed E-state index contributed by atoms with van der Waals surface area (Å²) in [7, 11) is 0. The Hall–Kier alpha value is -2.36. The molecule has 0 radical (unpaired) electrons. The number of anilines is 2. The third kappa shape index (κ3) is 2.91. The molecule has 4 nitrogen and oxygen atoms in total. The van der Waals surface area contributed by atoms with Crippen LogP contribution in [-0.2, 0) is 0 Å². The Morgan fingerprint density at radius 3 is 2.37 bits per heavy atom. The summed E-state index contributed by atoms with van der Waals surface area (Å²) in [5, 5.41) is 12.2. The number of hydrogen-bond donors (Lipinski definition) is 2. The van der Waals surface area contributed by atoms with E-state index in [9.17, 15) is 4.79 Å². The van der Waals surface area contributed by atoms with Gasteiger partial charge in [0.25, 0.3) is 0 Å². The van der Waals surface area contributed by atoms with E-state index in [2.05, 4.69) is 22.4 Å². The fourth-order valence-electron chi connectivity index (χ4n) is 2.14. The molecule has 0 saturated heterocycles. The molecule has 0 spiro atoms. The zero-order valence-electron chi connectivity index (χ0n) is 11.2. The van der Waals surface area contributed by atoms with E-state index in [0.29, 0.717) is 5.82 Å². The van der Waals surface area contributed by atoms with Gasteiger partial charge in [0, 0.05) is 11.9 Å². The van der Waals surface area contributed by atoms with Gasteiger partial charge in [-0.05, 0) is 44.0 Å². The highest BCUT2D eigenvalue weighted by Crippen LogP contribution is 2.25. The zero-order valence-corrected chi connectivity index (χ0v) is 11.2. The van der Waals surface area contributed by atoms with Crippen LogP contribution in [0.15, 0.2) is 30.5 Å². The second-order valence-electron chi connectivity index (χ2n) is 4.63. The van der Waals surface area contributed by atoms with Crippen LogP contribution in [0, 0.1) is 20.8 Å². The molecule has 4 heteroatoms. The van der Waals surface area contributed by atoms with Gasteiger partial charge in [-0.3, -0.25) is 0 Å². The van der Waals surface area contributed by atoms with Crippen molar-refractivity contribution < 1.29 is 9.90 Å². The average Bonchev–Trinajstić information content (AvgIpc) is 2.34. The summed E-state index contributed by atoms with van der Waals surface area (Å²) >= 11 is 0. The summed E-state index contributed by atoms with van der Waals surface area (Å²) < 4.78 is 0. The van der Waals surface area contributed by atoms with E-state index in [1.54, 1.807) is 0 Å². The van der Waals surface area contributed by atoms with E-state index in [1.165, 1.54) is 23.9 Å². The van der Waals surface area contributed by atoms with Gasteiger partial charge in [0.05, 0.1) is 5.56 Å². The van der Waals surface area contributed by atoms with Crippen molar-refractivity contribution in [2.75, 3.05) is 5.32 Å². The highest BCUT2D eigenvalue weighted by atomic mass is 16.4. The predicted molar refractivity (Wildman–Crippen MR) is 75.1 cm³/mol. The Morgan fingerprint density at radius 1 is 1.16 bits per heavy atom. The summed E-state index contributed by atoms with van der Waals surface area (Å²) in [5.74, 6) is -0.419. The zero-order chi connectivity index (χ0) is 14.0. The lowest BCUT2D eigenvalue weighted by atomic mass is 10.1. The molecule has 0 aliphatic carbocycles. The number of aromatic nitrogens is 1. The number of nitrogens with one attached hydrogen (secondary N) is 1. The molecule has 19 heavy (non-hydrogen) atoms. The minimum Gasteiger partial charge on any atom is -0.478 e. The number of pyridine rings is 1. The van der Waals surface area contributed by atoms with Crippen LogP contribution in [0.4, 0.5) is 11.5 Å². The first kappa shape index (κ1) is 13.1. The highest BCUT2D eigenvalue weighted by molar-refractivity contribution is 5.88. The van der Waals surface area contributed by atoms with Gasteiger partial charge in [-0.1, -0.05) is 17.7 Å². The molecule has 0 saturated carbocycles. The van der Waals surface area contributed by atoms with Crippen LogP contribution in [0.25, 0.3) is 0 Å². The Kier molecular flexibility index (Phi) is 3.51. The molecular formula is C15H16N2O2. The topological polar surface area (TPSA) is 62.2 Å². The molecule has 0 atom stereocenters. The Balaban J connectivity index is 2.36. The summed E-state index contributed by atoms with van der Waals surface area (Å²) in [5.41, 5.74) is 4.62. The van der Waals surface area contributed by atoms with Crippen molar-refractivity contribution >= 4 is 17.5 Å². The smallest absolute Gasteiger partial charge is 0.335 e. The minimum atomic E-state index is -0.956. The molecule has 1 aromatic heterocycles. The van der Waals surface area contributed by atoms with Gasteiger partial charge in [-0.15, -0.1) is 0 Å². The number of aromatic carboxylic acids is 1. The lowest BCUT2D eigenvalue weighted by molar-refractivity contribution is 0.0697. The maximum Gasteiger partial charge on any atom is 0.335 e. The number of carboxylic acids is 1. The van der Waals surface area contributed by atoms with Crippen LogP contribution in [0.3, 0.4) is 0 Å². The van der Waals surface area contributed by atoms with Crippen LogP contribution in [0.1, 0.15) is 27.0 Å². The molecule has 1 heterocycles. The van der Waals surface area contributed by atoms with Crippen molar-refractivity contribution in [3.05, 3.63) is 52.7 Å². The van der Waals surface area contributed by atoms with Crippen LogP contribution in [-0.4, -0.2) is 16.1 Å². The molecule has 2 N–H and O–H groups in total. The average molecular weight is 256 g/mol. The Bertz CT molecular complexity index is 613. The van der Waals surface area contributed by atoms with Crippen molar-refractivity contribution in [3.63, 3.8) is 0 Å². The third-order valence-electron chi connectivity index (χ3n) is 2.94. The molecule has 2 rings (SSSR count). The number of hydrogen-bond acceptors (Lipinski definition) is 3.